The average Bonchev–Trinajstić information content (AvgIpc) is 2.54. The van der Waals surface area contributed by atoms with Crippen molar-refractivity contribution in [2.24, 2.45) is 0 Å². The molecule has 0 spiro atoms. The van der Waals surface area contributed by atoms with Gasteiger partial charge in [0.05, 0.1) is 12.7 Å². The fraction of sp³-hybridized carbons (Fsp3) is 0.250. The number of ketones is 1. The van der Waals surface area contributed by atoms with Crippen LogP contribution in [0.15, 0.2) is 53.0 Å². The van der Waals surface area contributed by atoms with E-state index in [0.717, 1.165) is 22.2 Å². The molecule has 0 saturated carbocycles. The second-order valence-electron chi connectivity index (χ2n) is 6.61. The Bertz CT molecular complexity index is 824. The molecule has 1 N–H and O–H groups in total. The Kier molecular flexibility index (Phi) is 4.50. The van der Waals surface area contributed by atoms with Crippen molar-refractivity contribution in [3.05, 3.63) is 69.7 Å². The number of benzene rings is 2. The summed E-state index contributed by atoms with van der Waals surface area (Å²) in [7, 11) is 1.58. The lowest BCUT2D eigenvalue weighted by molar-refractivity contribution is 0.104. The van der Waals surface area contributed by atoms with E-state index in [0.29, 0.717) is 11.3 Å². The van der Waals surface area contributed by atoms with Crippen molar-refractivity contribution in [3.8, 4) is 5.75 Å². The fourth-order valence-corrected chi connectivity index (χ4v) is 3.44. The minimum atomic E-state index is -0.103. The van der Waals surface area contributed by atoms with Crippen LogP contribution in [0, 0.1) is 0 Å². The lowest BCUT2D eigenvalue weighted by Crippen LogP contribution is -2.43. The lowest BCUT2D eigenvalue weighted by Gasteiger charge is -2.35. The molecule has 0 bridgehead atoms. The van der Waals surface area contributed by atoms with Gasteiger partial charge >= 0.3 is 0 Å². The van der Waals surface area contributed by atoms with E-state index in [-0.39, 0.29) is 11.3 Å². The minimum absolute atomic E-state index is 0.0708. The molecule has 0 amide bonds. The third-order valence-corrected chi connectivity index (χ3v) is 4.61. The molecule has 0 unspecified atom stereocenters. The van der Waals surface area contributed by atoms with E-state index in [4.69, 9.17) is 4.74 Å². The molecule has 4 heteroatoms. The maximum Gasteiger partial charge on any atom is 0.191 e. The van der Waals surface area contributed by atoms with Crippen LogP contribution in [0.1, 0.15) is 35.3 Å². The number of para-hydroxylation sites is 1. The number of methoxy groups -OCH3 is 1. The number of halogens is 1. The number of allylic oxidation sites excluding steroid dienone is 1. The van der Waals surface area contributed by atoms with Crippen LogP contribution in [0.5, 0.6) is 5.75 Å². The highest BCUT2D eigenvalue weighted by Gasteiger charge is 2.28. The molecule has 1 aliphatic heterocycles. The van der Waals surface area contributed by atoms with Crippen LogP contribution in [0.2, 0.25) is 0 Å². The summed E-state index contributed by atoms with van der Waals surface area (Å²) in [4.78, 5) is 12.8. The Morgan fingerprint density at radius 1 is 1.25 bits per heavy atom. The van der Waals surface area contributed by atoms with Gasteiger partial charge in [0, 0.05) is 27.3 Å². The SMILES string of the molecule is COc1ccccc1C(=O)/C=C1\NC(C)(C)Cc2ccc(Br)cc21. The highest BCUT2D eigenvalue weighted by atomic mass is 79.9. The number of nitrogens with one attached hydrogen (secondary N) is 1. The van der Waals surface area contributed by atoms with Crippen LogP contribution in [0.4, 0.5) is 0 Å². The van der Waals surface area contributed by atoms with Gasteiger partial charge in [0.2, 0.25) is 0 Å². The van der Waals surface area contributed by atoms with Gasteiger partial charge in [-0.05, 0) is 50.1 Å². The second-order valence-corrected chi connectivity index (χ2v) is 7.53. The van der Waals surface area contributed by atoms with Gasteiger partial charge in [0.25, 0.3) is 0 Å². The first-order valence-electron chi connectivity index (χ1n) is 7.86. The first-order valence-corrected chi connectivity index (χ1v) is 8.65. The Labute approximate surface area is 150 Å². The molecule has 0 atom stereocenters. The zero-order valence-electron chi connectivity index (χ0n) is 14.0. The van der Waals surface area contributed by atoms with Crippen molar-refractivity contribution >= 4 is 27.4 Å². The summed E-state index contributed by atoms with van der Waals surface area (Å²) in [6.45, 7) is 4.28. The summed E-state index contributed by atoms with van der Waals surface area (Å²) in [5.41, 5.74) is 3.61. The topological polar surface area (TPSA) is 38.3 Å². The molecule has 0 fully saturated rings. The van der Waals surface area contributed by atoms with E-state index in [9.17, 15) is 4.79 Å². The van der Waals surface area contributed by atoms with Crippen LogP contribution in [0.3, 0.4) is 0 Å². The van der Waals surface area contributed by atoms with Gasteiger partial charge in [-0.1, -0.05) is 34.1 Å². The number of rotatable bonds is 3. The smallest absolute Gasteiger partial charge is 0.191 e. The van der Waals surface area contributed by atoms with Gasteiger partial charge in [0.1, 0.15) is 5.75 Å². The highest BCUT2D eigenvalue weighted by molar-refractivity contribution is 9.10. The Hall–Kier alpha value is -2.07. The number of hydrogen-bond acceptors (Lipinski definition) is 3. The first-order chi connectivity index (χ1) is 11.4. The van der Waals surface area contributed by atoms with Crippen LogP contribution < -0.4 is 10.1 Å². The summed E-state index contributed by atoms with van der Waals surface area (Å²) in [6.07, 6.45) is 2.58. The van der Waals surface area contributed by atoms with Crippen LogP contribution in [0.25, 0.3) is 5.70 Å². The summed E-state index contributed by atoms with van der Waals surface area (Å²) in [5, 5.41) is 3.49. The summed E-state index contributed by atoms with van der Waals surface area (Å²) < 4.78 is 6.31. The van der Waals surface area contributed by atoms with Crippen molar-refractivity contribution in [2.75, 3.05) is 7.11 Å². The summed E-state index contributed by atoms with van der Waals surface area (Å²) in [6, 6.07) is 13.5. The molecule has 3 nitrogen and oxygen atoms in total. The molecule has 0 radical (unpaired) electrons. The van der Waals surface area contributed by atoms with Crippen LogP contribution in [-0.4, -0.2) is 18.4 Å². The highest BCUT2D eigenvalue weighted by Crippen LogP contribution is 2.32. The van der Waals surface area contributed by atoms with Gasteiger partial charge in [0.15, 0.2) is 5.78 Å². The molecule has 2 aromatic rings. The van der Waals surface area contributed by atoms with Gasteiger partial charge in [-0.15, -0.1) is 0 Å². The maximum absolute atomic E-state index is 12.8. The zero-order valence-corrected chi connectivity index (χ0v) is 15.6. The summed E-state index contributed by atoms with van der Waals surface area (Å²) >= 11 is 3.52. The molecule has 0 aliphatic carbocycles. The van der Waals surface area contributed by atoms with Crippen molar-refractivity contribution < 1.29 is 9.53 Å². The predicted molar refractivity (Wildman–Crippen MR) is 100 cm³/mol. The van der Waals surface area contributed by atoms with Gasteiger partial charge in [-0.25, -0.2) is 0 Å². The molecule has 1 heterocycles. The van der Waals surface area contributed by atoms with Gasteiger partial charge in [-0.2, -0.15) is 0 Å². The van der Waals surface area contributed by atoms with Crippen molar-refractivity contribution in [1.82, 2.24) is 5.32 Å². The number of ether oxygens (including phenoxy) is 1. The molecule has 0 saturated heterocycles. The predicted octanol–water partition coefficient (Wildman–Crippen LogP) is 4.61. The molecular weight excluding hydrogens is 366 g/mol. The van der Waals surface area contributed by atoms with E-state index in [1.54, 1.807) is 25.3 Å². The molecule has 1 aliphatic rings. The first kappa shape index (κ1) is 16.8. The molecule has 3 rings (SSSR count). The number of hydrogen-bond donors (Lipinski definition) is 1. The molecule has 2 aromatic carbocycles. The Balaban J connectivity index is 2.06. The van der Waals surface area contributed by atoms with Crippen molar-refractivity contribution in [2.45, 2.75) is 25.8 Å². The number of fused-ring (bicyclic) bond motifs is 1. The maximum atomic E-state index is 12.8. The second kappa shape index (κ2) is 6.44. The zero-order chi connectivity index (χ0) is 17.3. The van der Waals surface area contributed by atoms with E-state index in [2.05, 4.69) is 47.2 Å². The minimum Gasteiger partial charge on any atom is -0.496 e. The number of carbonyl (C=O) groups is 1. The van der Waals surface area contributed by atoms with E-state index in [1.807, 2.05) is 18.2 Å². The fourth-order valence-electron chi connectivity index (χ4n) is 3.08. The molecule has 0 aromatic heterocycles. The summed E-state index contributed by atoms with van der Waals surface area (Å²) in [5.74, 6) is 0.516. The van der Waals surface area contributed by atoms with Gasteiger partial charge in [-0.3, -0.25) is 4.79 Å². The van der Waals surface area contributed by atoms with E-state index < -0.39 is 0 Å². The standard InChI is InChI=1S/C20H20BrNO2/c1-20(2)12-13-8-9-14(21)10-16(13)17(22-20)11-18(23)15-6-4-5-7-19(15)24-3/h4-11,22H,12H2,1-3H3/b17-11-. The third-order valence-electron chi connectivity index (χ3n) is 4.12. The molecule has 24 heavy (non-hydrogen) atoms. The molecule has 124 valence electrons. The van der Waals surface area contributed by atoms with Gasteiger partial charge < -0.3 is 10.1 Å². The number of carbonyl (C=O) groups excluding carboxylic acids is 1. The van der Waals surface area contributed by atoms with Crippen molar-refractivity contribution in [3.63, 3.8) is 0 Å². The normalized spacial score (nSPS) is 17.1. The Morgan fingerprint density at radius 3 is 2.75 bits per heavy atom. The van der Waals surface area contributed by atoms with Crippen LogP contribution >= 0.6 is 15.9 Å². The largest absolute Gasteiger partial charge is 0.496 e. The van der Waals surface area contributed by atoms with E-state index >= 15 is 0 Å². The quantitative estimate of drug-likeness (QED) is 0.619. The van der Waals surface area contributed by atoms with E-state index in [1.165, 1.54) is 5.56 Å². The van der Waals surface area contributed by atoms with Crippen molar-refractivity contribution in [1.29, 1.82) is 0 Å². The monoisotopic (exact) mass is 385 g/mol. The van der Waals surface area contributed by atoms with Crippen LogP contribution in [-0.2, 0) is 6.42 Å². The average molecular weight is 386 g/mol. The third kappa shape index (κ3) is 3.39. The lowest BCUT2D eigenvalue weighted by atomic mass is 9.85. The Morgan fingerprint density at radius 2 is 2.00 bits per heavy atom. The molecular formula is C20H20BrNO2.